The lowest BCUT2D eigenvalue weighted by Gasteiger charge is -2.23. The summed E-state index contributed by atoms with van der Waals surface area (Å²) in [5, 5.41) is 3.29. The van der Waals surface area contributed by atoms with E-state index >= 15 is 0 Å². The van der Waals surface area contributed by atoms with Crippen molar-refractivity contribution in [2.75, 3.05) is 19.0 Å². The second-order valence-electron chi connectivity index (χ2n) is 7.63. The van der Waals surface area contributed by atoms with Gasteiger partial charge in [-0.2, -0.15) is 4.31 Å². The highest BCUT2D eigenvalue weighted by molar-refractivity contribution is 7.89. The van der Waals surface area contributed by atoms with E-state index in [2.05, 4.69) is 5.32 Å². The number of esters is 1. The van der Waals surface area contributed by atoms with E-state index in [1.54, 1.807) is 24.3 Å². The monoisotopic (exact) mass is 448 g/mol. The van der Waals surface area contributed by atoms with Gasteiger partial charge >= 0.3 is 5.97 Å². The fraction of sp³-hybridized carbons (Fsp3) is 0.429. The Labute approximate surface area is 180 Å². The zero-order valence-electron chi connectivity index (χ0n) is 16.9. The number of hydrogen-bond donors (Lipinski definition) is 1. The number of methoxy groups -OCH3 is 1. The molecule has 0 radical (unpaired) electrons. The molecule has 1 aliphatic carbocycles. The zero-order chi connectivity index (χ0) is 21.5. The predicted molar refractivity (Wildman–Crippen MR) is 114 cm³/mol. The van der Waals surface area contributed by atoms with Crippen LogP contribution in [0.1, 0.15) is 45.6 Å². The molecule has 30 heavy (non-hydrogen) atoms. The van der Waals surface area contributed by atoms with Crippen LogP contribution in [0.4, 0.5) is 5.00 Å². The third kappa shape index (κ3) is 3.66. The molecule has 9 heteroatoms. The van der Waals surface area contributed by atoms with Crippen LogP contribution in [-0.2, 0) is 32.4 Å². The lowest BCUT2D eigenvalue weighted by atomic mass is 10.1. The summed E-state index contributed by atoms with van der Waals surface area (Å²) in [5.41, 5.74) is 2.32. The first kappa shape index (κ1) is 21.0. The number of nitrogens with zero attached hydrogens (tertiary/aromatic N) is 1. The fourth-order valence-electron chi connectivity index (χ4n) is 4.14. The first-order chi connectivity index (χ1) is 14.3. The van der Waals surface area contributed by atoms with E-state index in [0.717, 1.165) is 35.3 Å². The summed E-state index contributed by atoms with van der Waals surface area (Å²) in [6.07, 6.45) is 3.68. The molecule has 7 nitrogen and oxygen atoms in total. The van der Waals surface area contributed by atoms with Crippen LogP contribution in [0, 0.1) is 6.92 Å². The van der Waals surface area contributed by atoms with E-state index in [0.29, 0.717) is 30.0 Å². The Morgan fingerprint density at radius 2 is 1.90 bits per heavy atom. The molecule has 1 amide bonds. The Morgan fingerprint density at radius 1 is 1.17 bits per heavy atom. The molecule has 1 N–H and O–H groups in total. The van der Waals surface area contributed by atoms with Gasteiger partial charge < -0.3 is 10.1 Å². The van der Waals surface area contributed by atoms with Gasteiger partial charge in [0.25, 0.3) is 0 Å². The number of amides is 1. The maximum atomic E-state index is 13.1. The van der Waals surface area contributed by atoms with E-state index in [9.17, 15) is 18.0 Å². The number of sulfonamides is 1. The number of aryl methyl sites for hydroxylation is 2. The average molecular weight is 449 g/mol. The number of carbonyl (C=O) groups excluding carboxylic acids is 2. The molecule has 1 fully saturated rings. The van der Waals surface area contributed by atoms with Crippen molar-refractivity contribution in [3.05, 3.63) is 45.8 Å². The lowest BCUT2D eigenvalue weighted by molar-refractivity contribution is -0.119. The molecule has 1 aliphatic heterocycles. The molecule has 4 rings (SSSR count). The van der Waals surface area contributed by atoms with Crippen LogP contribution in [0.25, 0.3) is 0 Å². The van der Waals surface area contributed by atoms with Gasteiger partial charge in [0.2, 0.25) is 15.9 Å². The van der Waals surface area contributed by atoms with Gasteiger partial charge in [0.15, 0.2) is 0 Å². The van der Waals surface area contributed by atoms with Gasteiger partial charge in [0.05, 0.1) is 17.6 Å². The number of ether oxygens (including phenoxy) is 1. The van der Waals surface area contributed by atoms with Gasteiger partial charge in [-0.05, 0) is 56.7 Å². The van der Waals surface area contributed by atoms with Crippen molar-refractivity contribution in [2.24, 2.45) is 0 Å². The van der Waals surface area contributed by atoms with Gasteiger partial charge in [-0.1, -0.05) is 17.7 Å². The van der Waals surface area contributed by atoms with Gasteiger partial charge in [-0.15, -0.1) is 11.3 Å². The second-order valence-corrected chi connectivity index (χ2v) is 10.6. The number of hydrogen-bond acceptors (Lipinski definition) is 6. The minimum atomic E-state index is -3.79. The van der Waals surface area contributed by atoms with Crippen LogP contribution < -0.4 is 5.32 Å². The third-order valence-corrected chi connectivity index (χ3v) is 8.81. The van der Waals surface area contributed by atoms with E-state index < -0.39 is 27.9 Å². The number of carbonyl (C=O) groups is 2. The van der Waals surface area contributed by atoms with Crippen LogP contribution in [0.15, 0.2) is 29.2 Å². The Balaban J connectivity index is 1.60. The molecule has 0 spiro atoms. The number of nitrogens with one attached hydrogen (secondary N) is 1. The van der Waals surface area contributed by atoms with Crippen molar-refractivity contribution in [1.82, 2.24) is 4.31 Å². The molecule has 160 valence electrons. The minimum Gasteiger partial charge on any atom is -0.465 e. The average Bonchev–Trinajstić information content (AvgIpc) is 3.43. The first-order valence-electron chi connectivity index (χ1n) is 9.95. The Hall–Kier alpha value is -2.23. The second kappa shape index (κ2) is 8.13. The summed E-state index contributed by atoms with van der Waals surface area (Å²) in [7, 11) is -2.47. The molecule has 1 aromatic carbocycles. The smallest absolute Gasteiger partial charge is 0.341 e. The quantitative estimate of drug-likeness (QED) is 0.710. The summed E-state index contributed by atoms with van der Waals surface area (Å²) in [4.78, 5) is 26.7. The number of benzene rings is 1. The van der Waals surface area contributed by atoms with Gasteiger partial charge in [-0.3, -0.25) is 4.79 Å². The number of anilines is 1. The van der Waals surface area contributed by atoms with Gasteiger partial charge in [-0.25, -0.2) is 13.2 Å². The summed E-state index contributed by atoms with van der Waals surface area (Å²) in [5.74, 6) is -0.881. The molecule has 2 aromatic rings. The van der Waals surface area contributed by atoms with Crippen LogP contribution >= 0.6 is 11.3 Å². The van der Waals surface area contributed by atoms with Gasteiger partial charge in [0.1, 0.15) is 11.0 Å². The molecule has 1 atom stereocenters. The molecule has 1 aromatic heterocycles. The highest BCUT2D eigenvalue weighted by Crippen LogP contribution is 2.40. The molecule has 1 unspecified atom stereocenters. The molecule has 2 aliphatic rings. The SMILES string of the molecule is COC(=O)c1c(NC(=O)C2CCCN2S(=O)(=O)c2ccc(C)cc2)sc2c1CCC2. The van der Waals surface area contributed by atoms with E-state index in [-0.39, 0.29) is 4.90 Å². The molecular formula is C21H24N2O5S2. The number of rotatable bonds is 5. The Morgan fingerprint density at radius 3 is 2.60 bits per heavy atom. The topological polar surface area (TPSA) is 92.8 Å². The standard InChI is InChI=1S/C21H24N2O5S2/c1-13-8-10-14(11-9-13)30(26,27)23-12-4-6-16(23)19(24)22-20-18(21(25)28-2)15-5-3-7-17(15)29-20/h8-11,16H,3-7,12H2,1-2H3,(H,22,24). The van der Waals surface area contributed by atoms with Crippen molar-refractivity contribution in [3.63, 3.8) is 0 Å². The Bertz CT molecular complexity index is 1090. The third-order valence-electron chi connectivity index (χ3n) is 5.68. The molecular weight excluding hydrogens is 424 g/mol. The number of fused-ring (bicyclic) bond motifs is 1. The molecule has 1 saturated heterocycles. The lowest BCUT2D eigenvalue weighted by Crippen LogP contribution is -2.43. The molecule has 0 bridgehead atoms. The summed E-state index contributed by atoms with van der Waals surface area (Å²) >= 11 is 1.39. The van der Waals surface area contributed by atoms with Crippen molar-refractivity contribution < 1.29 is 22.7 Å². The number of thiophene rings is 1. The van der Waals surface area contributed by atoms with Crippen LogP contribution in [0.3, 0.4) is 0 Å². The maximum absolute atomic E-state index is 13.1. The van der Waals surface area contributed by atoms with Crippen molar-refractivity contribution in [1.29, 1.82) is 0 Å². The summed E-state index contributed by atoms with van der Waals surface area (Å²) < 4.78 is 32.4. The van der Waals surface area contributed by atoms with Crippen molar-refractivity contribution in [2.45, 2.75) is 50.0 Å². The van der Waals surface area contributed by atoms with Crippen molar-refractivity contribution >= 4 is 38.2 Å². The maximum Gasteiger partial charge on any atom is 0.341 e. The van der Waals surface area contributed by atoms with Gasteiger partial charge in [0, 0.05) is 11.4 Å². The Kier molecular flexibility index (Phi) is 5.69. The molecule has 2 heterocycles. The normalized spacial score (nSPS) is 18.9. The van der Waals surface area contributed by atoms with Crippen LogP contribution in [-0.4, -0.2) is 44.3 Å². The van der Waals surface area contributed by atoms with E-state index in [1.807, 2.05) is 6.92 Å². The van der Waals surface area contributed by atoms with Crippen LogP contribution in [0.2, 0.25) is 0 Å². The van der Waals surface area contributed by atoms with E-state index in [4.69, 9.17) is 4.74 Å². The van der Waals surface area contributed by atoms with Crippen LogP contribution in [0.5, 0.6) is 0 Å². The van der Waals surface area contributed by atoms with Crippen molar-refractivity contribution in [3.8, 4) is 0 Å². The largest absolute Gasteiger partial charge is 0.465 e. The fourth-order valence-corrected chi connectivity index (χ4v) is 7.08. The summed E-state index contributed by atoms with van der Waals surface area (Å²) in [6.45, 7) is 2.18. The molecule has 0 saturated carbocycles. The predicted octanol–water partition coefficient (Wildman–Crippen LogP) is 3.12. The van der Waals surface area contributed by atoms with E-state index in [1.165, 1.54) is 22.8 Å². The summed E-state index contributed by atoms with van der Waals surface area (Å²) in [6, 6.07) is 5.81. The zero-order valence-corrected chi connectivity index (χ0v) is 18.6. The highest BCUT2D eigenvalue weighted by atomic mass is 32.2. The minimum absolute atomic E-state index is 0.179. The first-order valence-corrected chi connectivity index (χ1v) is 12.2. The highest BCUT2D eigenvalue weighted by Gasteiger charge is 2.40.